The van der Waals surface area contributed by atoms with E-state index >= 15 is 0 Å². The van der Waals surface area contributed by atoms with Crippen LogP contribution in [0.4, 0.5) is 5.69 Å². The first-order valence-electron chi connectivity index (χ1n) is 10.7. The van der Waals surface area contributed by atoms with Crippen molar-refractivity contribution in [1.82, 2.24) is 20.3 Å². The van der Waals surface area contributed by atoms with Crippen molar-refractivity contribution in [3.63, 3.8) is 0 Å². The fourth-order valence-electron chi connectivity index (χ4n) is 3.44. The van der Waals surface area contributed by atoms with Gasteiger partial charge in [-0.1, -0.05) is 41.9 Å². The van der Waals surface area contributed by atoms with Crippen LogP contribution in [0.1, 0.15) is 32.3 Å². The Kier molecular flexibility index (Phi) is 7.34. The van der Waals surface area contributed by atoms with Crippen LogP contribution in [0.5, 0.6) is 0 Å². The summed E-state index contributed by atoms with van der Waals surface area (Å²) < 4.78 is 23.3. The number of carbonyl (C=O) groups is 2. The summed E-state index contributed by atoms with van der Waals surface area (Å²) in [4.78, 5) is 48.2. The number of anilines is 1. The molecular weight excluding hydrogens is 522 g/mol. The van der Waals surface area contributed by atoms with E-state index in [4.69, 9.17) is 11.6 Å². The highest BCUT2D eigenvalue weighted by Crippen LogP contribution is 2.24. The van der Waals surface area contributed by atoms with Crippen LogP contribution in [0.3, 0.4) is 0 Å². The monoisotopic (exact) mass is 541 g/mol. The molecule has 2 aromatic carbocycles. The number of benzene rings is 2. The van der Waals surface area contributed by atoms with E-state index in [9.17, 15) is 27.9 Å². The van der Waals surface area contributed by atoms with Gasteiger partial charge in [0.1, 0.15) is 11.2 Å². The Morgan fingerprint density at radius 1 is 1.11 bits per heavy atom. The number of carbonyl (C=O) groups excluding carboxylic acids is 2. The van der Waals surface area contributed by atoms with E-state index in [1.54, 1.807) is 24.3 Å². The van der Waals surface area contributed by atoms with Gasteiger partial charge in [0.05, 0.1) is 23.4 Å². The summed E-state index contributed by atoms with van der Waals surface area (Å²) in [6, 6.07) is 13.7. The number of rotatable bonds is 7. The van der Waals surface area contributed by atoms with Gasteiger partial charge in [-0.15, -0.1) is 0 Å². The third kappa shape index (κ3) is 5.82. The van der Waals surface area contributed by atoms with Gasteiger partial charge in [0.2, 0.25) is 15.0 Å². The first-order chi connectivity index (χ1) is 17.6. The minimum absolute atomic E-state index is 0.0504. The standard InChI is InChI=1S/C24H20ClN5O6S/c1-37(35,36)24-26-11-15-9-16(23(34)29-20(15)30-24)22(33)27-18-10-14(7-8-17(18)25)21(32)28-19(12-31)13-5-3-2-4-6-13/h2-11,19,31H,12H2,1H3,(H,27,33)(H,28,32)(H,26,29,30,34). The maximum Gasteiger partial charge on any atom is 0.262 e. The summed E-state index contributed by atoms with van der Waals surface area (Å²) in [6.45, 7) is -0.326. The third-order valence-corrected chi connectivity index (χ3v) is 6.50. The van der Waals surface area contributed by atoms with Crippen LogP contribution in [-0.2, 0) is 9.84 Å². The molecule has 2 heterocycles. The lowest BCUT2D eigenvalue weighted by Gasteiger charge is -2.17. The summed E-state index contributed by atoms with van der Waals surface area (Å²) in [5.41, 5.74) is -0.235. The predicted octanol–water partition coefficient (Wildman–Crippen LogP) is 2.09. The number of amides is 2. The first-order valence-corrected chi connectivity index (χ1v) is 13.0. The van der Waals surface area contributed by atoms with Crippen LogP contribution in [0.25, 0.3) is 11.0 Å². The smallest absolute Gasteiger partial charge is 0.262 e. The second-order valence-corrected chi connectivity index (χ2v) is 10.3. The fraction of sp³-hybridized carbons (Fsp3) is 0.125. The molecule has 37 heavy (non-hydrogen) atoms. The van der Waals surface area contributed by atoms with E-state index < -0.39 is 38.4 Å². The Labute approximate surface area is 215 Å². The molecule has 0 saturated heterocycles. The van der Waals surface area contributed by atoms with Crippen LogP contribution in [-0.4, -0.2) is 53.2 Å². The molecule has 0 aliphatic heterocycles. The second kappa shape index (κ2) is 10.5. The number of H-pyrrole nitrogens is 1. The van der Waals surface area contributed by atoms with Gasteiger partial charge in [-0.05, 0) is 29.8 Å². The van der Waals surface area contributed by atoms with Crippen molar-refractivity contribution in [3.05, 3.63) is 92.9 Å². The zero-order chi connectivity index (χ0) is 26.7. The summed E-state index contributed by atoms with van der Waals surface area (Å²) in [7, 11) is -3.70. The van der Waals surface area contributed by atoms with Gasteiger partial charge in [-0.2, -0.15) is 0 Å². The number of aromatic nitrogens is 3. The molecule has 11 nitrogen and oxygen atoms in total. The zero-order valence-electron chi connectivity index (χ0n) is 19.2. The number of fused-ring (bicyclic) bond motifs is 1. The first kappa shape index (κ1) is 25.9. The van der Waals surface area contributed by atoms with Crippen molar-refractivity contribution in [2.75, 3.05) is 18.2 Å². The zero-order valence-corrected chi connectivity index (χ0v) is 20.8. The molecule has 0 fully saturated rings. The molecule has 0 aliphatic carbocycles. The van der Waals surface area contributed by atoms with E-state index in [0.717, 1.165) is 6.26 Å². The lowest BCUT2D eigenvalue weighted by Crippen LogP contribution is -2.31. The Morgan fingerprint density at radius 2 is 1.84 bits per heavy atom. The SMILES string of the molecule is CS(=O)(=O)c1ncc2cc(C(=O)Nc3cc(C(=O)NC(CO)c4ccccc4)ccc3Cl)c(=O)[nH]c2n1. The highest BCUT2D eigenvalue weighted by atomic mass is 35.5. The van der Waals surface area contributed by atoms with Crippen LogP contribution in [0.2, 0.25) is 5.02 Å². The number of nitrogens with zero attached hydrogens (tertiary/aromatic N) is 2. The molecule has 2 amide bonds. The van der Waals surface area contributed by atoms with E-state index in [1.807, 2.05) is 6.07 Å². The molecule has 0 saturated carbocycles. The number of aliphatic hydroxyl groups excluding tert-OH is 1. The third-order valence-electron chi connectivity index (χ3n) is 5.31. The topological polar surface area (TPSA) is 171 Å². The molecule has 0 radical (unpaired) electrons. The molecule has 1 atom stereocenters. The average molecular weight is 542 g/mol. The number of sulfone groups is 1. The maximum atomic E-state index is 12.9. The Morgan fingerprint density at radius 3 is 2.51 bits per heavy atom. The number of hydrogen-bond donors (Lipinski definition) is 4. The van der Waals surface area contributed by atoms with Crippen molar-refractivity contribution < 1.29 is 23.1 Å². The normalized spacial score (nSPS) is 12.2. The van der Waals surface area contributed by atoms with Crippen LogP contribution < -0.4 is 16.2 Å². The molecule has 4 rings (SSSR count). The van der Waals surface area contributed by atoms with E-state index in [-0.39, 0.29) is 39.5 Å². The minimum Gasteiger partial charge on any atom is -0.394 e. The lowest BCUT2D eigenvalue weighted by atomic mass is 10.1. The number of halogens is 1. The number of aromatic amines is 1. The van der Waals surface area contributed by atoms with Crippen LogP contribution in [0, 0.1) is 0 Å². The number of hydrogen-bond acceptors (Lipinski definition) is 8. The highest BCUT2D eigenvalue weighted by molar-refractivity contribution is 7.90. The van der Waals surface area contributed by atoms with Crippen molar-refractivity contribution in [3.8, 4) is 0 Å². The number of aliphatic hydroxyl groups is 1. The minimum atomic E-state index is -3.70. The Bertz CT molecular complexity index is 1670. The van der Waals surface area contributed by atoms with Crippen LogP contribution in [0.15, 0.2) is 70.7 Å². The van der Waals surface area contributed by atoms with E-state index in [1.165, 1.54) is 30.5 Å². The predicted molar refractivity (Wildman–Crippen MR) is 136 cm³/mol. The van der Waals surface area contributed by atoms with Gasteiger partial charge in [0, 0.05) is 23.4 Å². The molecule has 4 N–H and O–H groups in total. The van der Waals surface area contributed by atoms with Gasteiger partial charge in [-0.3, -0.25) is 14.4 Å². The van der Waals surface area contributed by atoms with Crippen LogP contribution >= 0.6 is 11.6 Å². The van der Waals surface area contributed by atoms with Crippen molar-refractivity contribution >= 4 is 50.0 Å². The fourth-order valence-corrected chi connectivity index (χ4v) is 4.10. The molecule has 2 aromatic heterocycles. The van der Waals surface area contributed by atoms with Gasteiger partial charge in [0.15, 0.2) is 0 Å². The molecule has 1 unspecified atom stereocenters. The van der Waals surface area contributed by atoms with E-state index in [2.05, 4.69) is 25.6 Å². The lowest BCUT2D eigenvalue weighted by molar-refractivity contribution is 0.0915. The highest BCUT2D eigenvalue weighted by Gasteiger charge is 2.19. The Balaban J connectivity index is 1.58. The summed E-state index contributed by atoms with van der Waals surface area (Å²) in [5.74, 6) is -1.34. The molecule has 13 heteroatoms. The number of nitrogens with one attached hydrogen (secondary N) is 3. The summed E-state index contributed by atoms with van der Waals surface area (Å²) >= 11 is 6.21. The van der Waals surface area contributed by atoms with Gasteiger partial charge >= 0.3 is 0 Å². The van der Waals surface area contributed by atoms with Gasteiger partial charge in [-0.25, -0.2) is 18.4 Å². The molecule has 0 aliphatic rings. The molecule has 0 bridgehead atoms. The molecule has 0 spiro atoms. The van der Waals surface area contributed by atoms with Gasteiger partial charge < -0.3 is 20.7 Å². The molecule has 4 aromatic rings. The summed E-state index contributed by atoms with van der Waals surface area (Å²) in [6.07, 6.45) is 2.10. The molecule has 190 valence electrons. The van der Waals surface area contributed by atoms with Crippen molar-refractivity contribution in [2.45, 2.75) is 11.2 Å². The number of pyridine rings is 1. The summed E-state index contributed by atoms with van der Waals surface area (Å²) in [5, 5.41) is 14.8. The Hall–Kier alpha value is -4.13. The van der Waals surface area contributed by atoms with Crippen molar-refractivity contribution in [1.29, 1.82) is 0 Å². The quantitative estimate of drug-likeness (QED) is 0.257. The maximum absolute atomic E-state index is 12.9. The largest absolute Gasteiger partial charge is 0.394 e. The van der Waals surface area contributed by atoms with Gasteiger partial charge in [0.25, 0.3) is 17.4 Å². The second-order valence-electron chi connectivity index (χ2n) is 8.01. The van der Waals surface area contributed by atoms with E-state index in [0.29, 0.717) is 5.56 Å². The molecular formula is C24H20ClN5O6S. The average Bonchev–Trinajstić information content (AvgIpc) is 2.87. The van der Waals surface area contributed by atoms with Crippen molar-refractivity contribution in [2.24, 2.45) is 0 Å².